The van der Waals surface area contributed by atoms with E-state index in [1.165, 1.54) is 6.92 Å². The minimum absolute atomic E-state index is 0.346. The fourth-order valence-electron chi connectivity index (χ4n) is 1.29. The van der Waals surface area contributed by atoms with E-state index in [0.29, 0.717) is 12.4 Å². The Balaban J connectivity index is 2.49. The summed E-state index contributed by atoms with van der Waals surface area (Å²) in [5.41, 5.74) is 4.44. The summed E-state index contributed by atoms with van der Waals surface area (Å²) in [6, 6.07) is 6.95. The Bertz CT molecular complexity index is 431. The number of amides is 2. The Morgan fingerprint density at radius 3 is 2.26 bits per heavy atom. The van der Waals surface area contributed by atoms with E-state index in [9.17, 15) is 9.59 Å². The number of rotatable bonds is 5. The van der Waals surface area contributed by atoms with Gasteiger partial charge in [0.15, 0.2) is 6.10 Å². The lowest BCUT2D eigenvalue weighted by atomic mass is 10.3. The highest BCUT2D eigenvalue weighted by molar-refractivity contribution is 5.83. The van der Waals surface area contributed by atoms with Crippen molar-refractivity contribution in [2.45, 2.75) is 26.9 Å². The lowest BCUT2D eigenvalue weighted by molar-refractivity contribution is -0.132. The van der Waals surface area contributed by atoms with Crippen LogP contribution in [-0.2, 0) is 9.59 Å². The first-order valence-electron chi connectivity index (χ1n) is 5.99. The first-order chi connectivity index (χ1) is 9.02. The molecule has 0 aliphatic carbocycles. The molecule has 19 heavy (non-hydrogen) atoms. The summed E-state index contributed by atoms with van der Waals surface area (Å²) >= 11 is 0. The smallest absolute Gasteiger partial charge is 0.279 e. The van der Waals surface area contributed by atoms with E-state index in [1.54, 1.807) is 31.2 Å². The van der Waals surface area contributed by atoms with Gasteiger partial charge in [-0.15, -0.1) is 0 Å². The molecule has 0 aliphatic rings. The van der Waals surface area contributed by atoms with Crippen LogP contribution < -0.4 is 20.3 Å². The van der Waals surface area contributed by atoms with Crippen molar-refractivity contribution in [1.29, 1.82) is 0 Å². The molecule has 6 nitrogen and oxygen atoms in total. The Morgan fingerprint density at radius 2 is 1.74 bits per heavy atom. The maximum absolute atomic E-state index is 11.5. The van der Waals surface area contributed by atoms with E-state index in [2.05, 4.69) is 10.9 Å². The molecule has 1 unspecified atom stereocenters. The predicted octanol–water partition coefficient (Wildman–Crippen LogP) is 1.02. The summed E-state index contributed by atoms with van der Waals surface area (Å²) in [5, 5.41) is 0. The molecule has 0 saturated carbocycles. The van der Waals surface area contributed by atoms with Crippen LogP contribution in [0.4, 0.5) is 0 Å². The minimum Gasteiger partial charge on any atom is -0.494 e. The molecular formula is C13H18N2O4. The number of nitrogens with one attached hydrogen (secondary N) is 2. The van der Waals surface area contributed by atoms with Gasteiger partial charge < -0.3 is 9.47 Å². The Labute approximate surface area is 112 Å². The van der Waals surface area contributed by atoms with Gasteiger partial charge in [0.1, 0.15) is 11.5 Å². The molecule has 0 bridgehead atoms. The van der Waals surface area contributed by atoms with Gasteiger partial charge in [-0.1, -0.05) is 0 Å². The van der Waals surface area contributed by atoms with Gasteiger partial charge in [-0.2, -0.15) is 0 Å². The molecule has 104 valence electrons. The highest BCUT2D eigenvalue weighted by Gasteiger charge is 2.14. The molecule has 0 aromatic heterocycles. The number of carbonyl (C=O) groups excluding carboxylic acids is 2. The molecule has 1 atom stereocenters. The van der Waals surface area contributed by atoms with Crippen molar-refractivity contribution >= 4 is 11.8 Å². The predicted molar refractivity (Wildman–Crippen MR) is 69.7 cm³/mol. The summed E-state index contributed by atoms with van der Waals surface area (Å²) in [5.74, 6) is 0.518. The van der Waals surface area contributed by atoms with Crippen LogP contribution in [-0.4, -0.2) is 24.5 Å². The molecular weight excluding hydrogens is 248 g/mol. The first kappa shape index (κ1) is 14.8. The summed E-state index contributed by atoms with van der Waals surface area (Å²) in [6.45, 7) is 5.39. The van der Waals surface area contributed by atoms with Crippen molar-refractivity contribution in [2.75, 3.05) is 6.61 Å². The van der Waals surface area contributed by atoms with Gasteiger partial charge in [0.05, 0.1) is 6.61 Å². The third-order valence-corrected chi connectivity index (χ3v) is 2.18. The standard InChI is InChI=1S/C13H18N2O4/c1-4-18-11-5-7-12(8-6-11)19-9(2)13(17)15-14-10(3)16/h5-9H,4H2,1-3H3,(H,14,16)(H,15,17). The average Bonchev–Trinajstić information content (AvgIpc) is 2.38. The number of hydrazine groups is 1. The van der Waals surface area contributed by atoms with E-state index < -0.39 is 12.0 Å². The van der Waals surface area contributed by atoms with E-state index >= 15 is 0 Å². The van der Waals surface area contributed by atoms with Crippen LogP contribution in [0.15, 0.2) is 24.3 Å². The second-order valence-electron chi connectivity index (χ2n) is 3.83. The Morgan fingerprint density at radius 1 is 1.16 bits per heavy atom. The number of ether oxygens (including phenoxy) is 2. The van der Waals surface area contributed by atoms with E-state index in [0.717, 1.165) is 5.75 Å². The van der Waals surface area contributed by atoms with Gasteiger partial charge in [-0.3, -0.25) is 20.4 Å². The number of hydrogen-bond donors (Lipinski definition) is 2. The third kappa shape index (κ3) is 5.29. The third-order valence-electron chi connectivity index (χ3n) is 2.18. The summed E-state index contributed by atoms with van der Waals surface area (Å²) in [4.78, 5) is 22.2. The molecule has 0 saturated heterocycles. The van der Waals surface area contributed by atoms with Crippen LogP contribution in [0.1, 0.15) is 20.8 Å². The second kappa shape index (κ2) is 7.25. The lowest BCUT2D eigenvalue weighted by Crippen LogP contribution is -2.46. The van der Waals surface area contributed by atoms with Crippen molar-refractivity contribution in [3.05, 3.63) is 24.3 Å². The van der Waals surface area contributed by atoms with Crippen molar-refractivity contribution < 1.29 is 19.1 Å². The topological polar surface area (TPSA) is 76.7 Å². The van der Waals surface area contributed by atoms with Crippen LogP contribution in [0.2, 0.25) is 0 Å². The molecule has 1 aromatic rings. The minimum atomic E-state index is -0.718. The number of carbonyl (C=O) groups is 2. The van der Waals surface area contributed by atoms with Crippen molar-refractivity contribution in [2.24, 2.45) is 0 Å². The van der Waals surface area contributed by atoms with E-state index in [4.69, 9.17) is 9.47 Å². The van der Waals surface area contributed by atoms with Gasteiger partial charge in [0.2, 0.25) is 5.91 Å². The van der Waals surface area contributed by atoms with Crippen molar-refractivity contribution in [3.8, 4) is 11.5 Å². The molecule has 0 heterocycles. The summed E-state index contributed by atoms with van der Waals surface area (Å²) in [6.07, 6.45) is -0.718. The maximum atomic E-state index is 11.5. The molecule has 0 aliphatic heterocycles. The van der Waals surface area contributed by atoms with Crippen LogP contribution in [0.25, 0.3) is 0 Å². The highest BCUT2D eigenvalue weighted by atomic mass is 16.5. The monoisotopic (exact) mass is 266 g/mol. The average molecular weight is 266 g/mol. The molecule has 1 rings (SSSR count). The molecule has 0 spiro atoms. The molecule has 0 fully saturated rings. The van der Waals surface area contributed by atoms with Crippen LogP contribution in [0.5, 0.6) is 11.5 Å². The summed E-state index contributed by atoms with van der Waals surface area (Å²) < 4.78 is 10.7. The zero-order chi connectivity index (χ0) is 14.3. The van der Waals surface area contributed by atoms with E-state index in [-0.39, 0.29) is 5.91 Å². The van der Waals surface area contributed by atoms with Crippen LogP contribution in [0.3, 0.4) is 0 Å². The van der Waals surface area contributed by atoms with E-state index in [1.807, 2.05) is 6.92 Å². The van der Waals surface area contributed by atoms with Crippen LogP contribution >= 0.6 is 0 Å². The molecule has 6 heteroatoms. The van der Waals surface area contributed by atoms with Gasteiger partial charge in [0.25, 0.3) is 5.91 Å². The Hall–Kier alpha value is -2.24. The van der Waals surface area contributed by atoms with Gasteiger partial charge in [-0.25, -0.2) is 0 Å². The number of hydrogen-bond acceptors (Lipinski definition) is 4. The molecule has 2 amide bonds. The maximum Gasteiger partial charge on any atom is 0.279 e. The van der Waals surface area contributed by atoms with Gasteiger partial charge in [-0.05, 0) is 38.1 Å². The van der Waals surface area contributed by atoms with Gasteiger partial charge in [0, 0.05) is 6.92 Å². The van der Waals surface area contributed by atoms with Crippen molar-refractivity contribution in [1.82, 2.24) is 10.9 Å². The van der Waals surface area contributed by atoms with Crippen LogP contribution in [0, 0.1) is 0 Å². The molecule has 1 aromatic carbocycles. The lowest BCUT2D eigenvalue weighted by Gasteiger charge is -2.15. The largest absolute Gasteiger partial charge is 0.494 e. The highest BCUT2D eigenvalue weighted by Crippen LogP contribution is 2.18. The zero-order valence-electron chi connectivity index (χ0n) is 11.2. The first-order valence-corrected chi connectivity index (χ1v) is 5.99. The van der Waals surface area contributed by atoms with Crippen molar-refractivity contribution in [3.63, 3.8) is 0 Å². The Kier molecular flexibility index (Phi) is 5.66. The quantitative estimate of drug-likeness (QED) is 0.780. The zero-order valence-corrected chi connectivity index (χ0v) is 11.2. The molecule has 0 radical (unpaired) electrons. The second-order valence-corrected chi connectivity index (χ2v) is 3.83. The SMILES string of the molecule is CCOc1ccc(OC(C)C(=O)NNC(C)=O)cc1. The fourth-order valence-corrected chi connectivity index (χ4v) is 1.29. The molecule has 2 N–H and O–H groups in total. The normalized spacial score (nSPS) is 11.3. The number of benzene rings is 1. The van der Waals surface area contributed by atoms with Gasteiger partial charge >= 0.3 is 0 Å². The fraction of sp³-hybridized carbons (Fsp3) is 0.385. The summed E-state index contributed by atoms with van der Waals surface area (Å²) in [7, 11) is 0.